The van der Waals surface area contributed by atoms with Crippen LogP contribution >= 0.6 is 0 Å². The molecule has 0 spiro atoms. The molecule has 0 unspecified atom stereocenters. The third kappa shape index (κ3) is 3.91. The van der Waals surface area contributed by atoms with E-state index in [1.807, 2.05) is 36.1 Å². The molecule has 1 N–H and O–H groups in total. The molecule has 5 nitrogen and oxygen atoms in total. The lowest BCUT2D eigenvalue weighted by molar-refractivity contribution is 0.233. The molecule has 0 fully saturated rings. The normalized spacial score (nSPS) is 13.9. The highest BCUT2D eigenvalue weighted by atomic mass is 19.1. The van der Waals surface area contributed by atoms with Crippen LogP contribution in [0.4, 0.5) is 8.78 Å². The second kappa shape index (κ2) is 7.75. The van der Waals surface area contributed by atoms with E-state index in [0.29, 0.717) is 36.6 Å². The van der Waals surface area contributed by atoms with Gasteiger partial charge in [0.2, 0.25) is 0 Å². The number of aromatic nitrogens is 2. The van der Waals surface area contributed by atoms with Crippen LogP contribution < -0.4 is 10.3 Å². The van der Waals surface area contributed by atoms with E-state index in [2.05, 4.69) is 9.97 Å². The molecule has 2 aromatic carbocycles. The van der Waals surface area contributed by atoms with Crippen molar-refractivity contribution in [3.8, 4) is 17.1 Å². The van der Waals surface area contributed by atoms with Crippen LogP contribution in [0.25, 0.3) is 11.4 Å². The molecule has 1 aliphatic rings. The number of aryl methyl sites for hydroxylation is 1. The minimum atomic E-state index is -0.646. The van der Waals surface area contributed by atoms with Gasteiger partial charge in [-0.05, 0) is 13.3 Å². The molecule has 0 atom stereocenters. The Labute approximate surface area is 167 Å². The summed E-state index contributed by atoms with van der Waals surface area (Å²) in [5, 5.41) is 0. The van der Waals surface area contributed by atoms with Crippen LogP contribution in [0.5, 0.6) is 5.75 Å². The van der Waals surface area contributed by atoms with Gasteiger partial charge in [0.25, 0.3) is 5.56 Å². The van der Waals surface area contributed by atoms with Gasteiger partial charge in [0.1, 0.15) is 23.2 Å². The van der Waals surface area contributed by atoms with Crippen molar-refractivity contribution in [3.63, 3.8) is 0 Å². The average Bonchev–Trinajstić information content (AvgIpc) is 2.70. The monoisotopic (exact) mass is 397 g/mol. The van der Waals surface area contributed by atoms with Crippen molar-refractivity contribution >= 4 is 0 Å². The second-order valence-corrected chi connectivity index (χ2v) is 7.24. The van der Waals surface area contributed by atoms with Crippen molar-refractivity contribution in [2.24, 2.45) is 0 Å². The number of halogens is 2. The van der Waals surface area contributed by atoms with Gasteiger partial charge < -0.3 is 9.72 Å². The molecule has 4 rings (SSSR count). The number of hydrogen-bond acceptors (Lipinski definition) is 4. The second-order valence-electron chi connectivity index (χ2n) is 7.24. The summed E-state index contributed by atoms with van der Waals surface area (Å²) in [6, 6.07) is 10.1. The van der Waals surface area contributed by atoms with E-state index in [1.165, 1.54) is 19.2 Å². The molecule has 3 aromatic rings. The third-order valence-corrected chi connectivity index (χ3v) is 5.21. The largest absolute Gasteiger partial charge is 0.497 e. The zero-order valence-electron chi connectivity index (χ0n) is 16.3. The summed E-state index contributed by atoms with van der Waals surface area (Å²) in [5.74, 6) is -0.653. The van der Waals surface area contributed by atoms with Gasteiger partial charge in [-0.15, -0.1) is 0 Å². The molecule has 0 bridgehead atoms. The highest BCUT2D eigenvalue weighted by Gasteiger charge is 2.23. The molecule has 0 aliphatic carbocycles. The molecule has 1 aliphatic heterocycles. The molecule has 150 valence electrons. The minimum absolute atomic E-state index is 0.0159. The number of benzene rings is 2. The first-order chi connectivity index (χ1) is 13.9. The molecule has 2 heterocycles. The van der Waals surface area contributed by atoms with Crippen LogP contribution in [-0.4, -0.2) is 28.5 Å². The van der Waals surface area contributed by atoms with Crippen molar-refractivity contribution in [3.05, 3.63) is 80.8 Å². The molecule has 1 aromatic heterocycles. The summed E-state index contributed by atoms with van der Waals surface area (Å²) in [7, 11) is 1.37. The first kappa shape index (κ1) is 19.3. The fourth-order valence-corrected chi connectivity index (χ4v) is 3.55. The van der Waals surface area contributed by atoms with Gasteiger partial charge in [0.05, 0.1) is 12.8 Å². The van der Waals surface area contributed by atoms with Gasteiger partial charge in [-0.25, -0.2) is 13.8 Å². The van der Waals surface area contributed by atoms with Crippen molar-refractivity contribution in [1.82, 2.24) is 14.9 Å². The van der Waals surface area contributed by atoms with Gasteiger partial charge in [-0.1, -0.05) is 29.8 Å². The zero-order chi connectivity index (χ0) is 20.5. The first-order valence-electron chi connectivity index (χ1n) is 9.38. The topological polar surface area (TPSA) is 58.2 Å². The predicted octanol–water partition coefficient (Wildman–Crippen LogP) is 3.59. The fraction of sp³-hybridized carbons (Fsp3) is 0.273. The quantitative estimate of drug-likeness (QED) is 0.731. The lowest BCUT2D eigenvalue weighted by Gasteiger charge is -2.28. The number of rotatable bonds is 4. The Hall–Kier alpha value is -3.06. The van der Waals surface area contributed by atoms with Crippen LogP contribution in [0, 0.1) is 18.6 Å². The number of ether oxygens (including phenoxy) is 1. The van der Waals surface area contributed by atoms with E-state index in [4.69, 9.17) is 4.74 Å². The van der Waals surface area contributed by atoms with E-state index >= 15 is 0 Å². The number of methoxy groups -OCH3 is 1. The zero-order valence-corrected chi connectivity index (χ0v) is 16.3. The number of hydrogen-bond donors (Lipinski definition) is 1. The van der Waals surface area contributed by atoms with Gasteiger partial charge >= 0.3 is 0 Å². The summed E-state index contributed by atoms with van der Waals surface area (Å²) in [4.78, 5) is 21.9. The van der Waals surface area contributed by atoms with Crippen molar-refractivity contribution in [2.75, 3.05) is 13.7 Å². The van der Waals surface area contributed by atoms with Crippen LogP contribution in [0.2, 0.25) is 0 Å². The van der Waals surface area contributed by atoms with Crippen LogP contribution in [-0.2, 0) is 19.5 Å². The Kier molecular flexibility index (Phi) is 5.15. The smallest absolute Gasteiger partial charge is 0.254 e. The summed E-state index contributed by atoms with van der Waals surface area (Å²) in [5.41, 5.74) is 3.03. The maximum Gasteiger partial charge on any atom is 0.254 e. The van der Waals surface area contributed by atoms with E-state index in [-0.39, 0.29) is 23.4 Å². The highest BCUT2D eigenvalue weighted by Crippen LogP contribution is 2.25. The van der Waals surface area contributed by atoms with Crippen LogP contribution in [0.1, 0.15) is 22.4 Å². The lowest BCUT2D eigenvalue weighted by atomic mass is 10.0. The van der Waals surface area contributed by atoms with Crippen molar-refractivity contribution < 1.29 is 13.5 Å². The van der Waals surface area contributed by atoms with Crippen LogP contribution in [0.15, 0.2) is 41.2 Å². The van der Waals surface area contributed by atoms with Gasteiger partial charge in [-0.2, -0.15) is 0 Å². The molecule has 29 heavy (non-hydrogen) atoms. The highest BCUT2D eigenvalue weighted by molar-refractivity contribution is 5.55. The van der Waals surface area contributed by atoms with Crippen LogP contribution in [0.3, 0.4) is 0 Å². The third-order valence-electron chi connectivity index (χ3n) is 5.21. The summed E-state index contributed by atoms with van der Waals surface area (Å²) in [6.45, 7) is 2.95. The molecule has 0 saturated heterocycles. The number of nitrogens with one attached hydrogen (secondary N) is 1. The maximum atomic E-state index is 14.3. The Morgan fingerprint density at radius 3 is 2.52 bits per heavy atom. The van der Waals surface area contributed by atoms with E-state index in [0.717, 1.165) is 11.1 Å². The number of fused-ring (bicyclic) bond motifs is 1. The standard InChI is InChI=1S/C22H21F2N3O2/c1-13-3-5-14(6-4-13)21-25-20-12-27(8-7-16(20)22(28)26-21)11-17-18(23)9-15(29-2)10-19(17)24/h3-6,9-10H,7-8,11-12H2,1-2H3,(H,25,26,28). The fourth-order valence-electron chi connectivity index (χ4n) is 3.55. The minimum Gasteiger partial charge on any atom is -0.497 e. The molecule has 0 amide bonds. The number of aromatic amines is 1. The number of nitrogens with zero attached hydrogens (tertiary/aromatic N) is 2. The van der Waals surface area contributed by atoms with Gasteiger partial charge in [0.15, 0.2) is 0 Å². The summed E-state index contributed by atoms with van der Waals surface area (Å²) >= 11 is 0. The molecular weight excluding hydrogens is 376 g/mol. The van der Waals surface area contributed by atoms with E-state index in [9.17, 15) is 13.6 Å². The molecular formula is C22H21F2N3O2. The molecule has 7 heteroatoms. The summed E-state index contributed by atoms with van der Waals surface area (Å²) < 4.78 is 33.5. The molecule has 0 radical (unpaired) electrons. The maximum absolute atomic E-state index is 14.3. The Balaban J connectivity index is 1.61. The number of H-pyrrole nitrogens is 1. The van der Waals surface area contributed by atoms with E-state index < -0.39 is 11.6 Å². The van der Waals surface area contributed by atoms with Crippen molar-refractivity contribution in [1.29, 1.82) is 0 Å². The van der Waals surface area contributed by atoms with Crippen molar-refractivity contribution in [2.45, 2.75) is 26.4 Å². The van der Waals surface area contributed by atoms with Gasteiger partial charge in [0, 0.05) is 48.5 Å². The Morgan fingerprint density at radius 1 is 1.17 bits per heavy atom. The summed E-state index contributed by atoms with van der Waals surface area (Å²) in [6.07, 6.45) is 0.477. The Morgan fingerprint density at radius 2 is 1.86 bits per heavy atom. The molecule has 0 saturated carbocycles. The predicted molar refractivity (Wildman–Crippen MR) is 106 cm³/mol. The van der Waals surface area contributed by atoms with Gasteiger partial charge in [-0.3, -0.25) is 9.69 Å². The lowest BCUT2D eigenvalue weighted by Crippen LogP contribution is -2.35. The first-order valence-corrected chi connectivity index (χ1v) is 9.38. The SMILES string of the molecule is COc1cc(F)c(CN2CCc3c(nc(-c4ccc(C)cc4)[nH]c3=O)C2)c(F)c1. The van der Waals surface area contributed by atoms with E-state index in [1.54, 1.807) is 0 Å². The average molecular weight is 397 g/mol. The Bertz CT molecular complexity index is 1090.